The van der Waals surface area contributed by atoms with Gasteiger partial charge >= 0.3 is 0 Å². The molecule has 4 aromatic rings. The zero-order chi connectivity index (χ0) is 21.1. The fourth-order valence-electron chi connectivity index (χ4n) is 3.37. The molecule has 0 aliphatic rings. The van der Waals surface area contributed by atoms with Crippen LogP contribution in [0, 0.1) is 5.92 Å². The summed E-state index contributed by atoms with van der Waals surface area (Å²) >= 11 is 1.44. The lowest BCUT2D eigenvalue weighted by Crippen LogP contribution is -2.27. The topological polar surface area (TPSA) is 73.8 Å². The van der Waals surface area contributed by atoms with Gasteiger partial charge in [0, 0.05) is 6.42 Å². The minimum atomic E-state index is -0.155. The maximum absolute atomic E-state index is 13.4. The van der Waals surface area contributed by atoms with E-state index >= 15 is 0 Å². The van der Waals surface area contributed by atoms with E-state index in [2.05, 4.69) is 24.0 Å². The molecule has 1 atom stereocenters. The molecule has 0 saturated carbocycles. The molecule has 2 heterocycles. The molecular formula is C23H24N4O2S. The van der Waals surface area contributed by atoms with Crippen LogP contribution in [0.4, 0.5) is 0 Å². The van der Waals surface area contributed by atoms with E-state index in [1.807, 2.05) is 61.5 Å². The second-order valence-electron chi connectivity index (χ2n) is 7.66. The Morgan fingerprint density at radius 1 is 1.00 bits per heavy atom. The Balaban J connectivity index is 1.70. The maximum Gasteiger partial charge on any atom is 0.262 e. The molecule has 0 amide bonds. The van der Waals surface area contributed by atoms with Crippen LogP contribution in [0.2, 0.25) is 0 Å². The van der Waals surface area contributed by atoms with Crippen LogP contribution in [-0.2, 0) is 12.2 Å². The second kappa shape index (κ2) is 8.83. The first-order valence-corrected chi connectivity index (χ1v) is 11.0. The minimum Gasteiger partial charge on any atom is -0.338 e. The molecule has 0 spiro atoms. The van der Waals surface area contributed by atoms with Crippen molar-refractivity contribution in [1.29, 1.82) is 0 Å². The van der Waals surface area contributed by atoms with E-state index in [-0.39, 0.29) is 11.6 Å². The van der Waals surface area contributed by atoms with Gasteiger partial charge in [0.1, 0.15) is 0 Å². The highest BCUT2D eigenvalue weighted by Crippen LogP contribution is 2.27. The standard InChI is InChI=1S/C23H24N4O2S/c1-15(2)13-20-25-21(29-26-20)14-30-23-24-19-12-8-7-11-18(19)22(28)27(23)16(3)17-9-5-4-6-10-17/h4-12,15-16H,13-14H2,1-3H3. The van der Waals surface area contributed by atoms with Crippen LogP contribution < -0.4 is 5.56 Å². The molecule has 0 fully saturated rings. The van der Waals surface area contributed by atoms with Crippen LogP contribution >= 0.6 is 11.8 Å². The lowest BCUT2D eigenvalue weighted by Gasteiger charge is -2.19. The zero-order valence-electron chi connectivity index (χ0n) is 17.3. The SMILES string of the molecule is CC(C)Cc1noc(CSc2nc3ccccc3c(=O)n2C(C)c2ccccc2)n1. The highest BCUT2D eigenvalue weighted by Gasteiger charge is 2.19. The number of benzene rings is 2. The van der Waals surface area contributed by atoms with Crippen LogP contribution in [-0.4, -0.2) is 19.7 Å². The largest absolute Gasteiger partial charge is 0.338 e. The molecule has 0 saturated heterocycles. The Labute approximate surface area is 179 Å². The molecule has 0 aliphatic heterocycles. The van der Waals surface area contributed by atoms with Gasteiger partial charge in [0.05, 0.1) is 22.7 Å². The molecule has 0 N–H and O–H groups in total. The van der Waals surface area contributed by atoms with E-state index in [1.54, 1.807) is 4.57 Å². The summed E-state index contributed by atoms with van der Waals surface area (Å²) in [6.45, 7) is 6.26. The van der Waals surface area contributed by atoms with Crippen LogP contribution in [0.5, 0.6) is 0 Å². The Kier molecular flexibility index (Phi) is 5.99. The van der Waals surface area contributed by atoms with Gasteiger partial charge in [-0.15, -0.1) is 0 Å². The quantitative estimate of drug-likeness (QED) is 0.313. The van der Waals surface area contributed by atoms with Crippen molar-refractivity contribution in [1.82, 2.24) is 19.7 Å². The molecule has 154 valence electrons. The van der Waals surface area contributed by atoms with E-state index in [4.69, 9.17) is 9.51 Å². The zero-order valence-corrected chi connectivity index (χ0v) is 18.1. The number of thioether (sulfide) groups is 1. The second-order valence-corrected chi connectivity index (χ2v) is 8.61. The van der Waals surface area contributed by atoms with E-state index in [0.29, 0.717) is 39.4 Å². The minimum absolute atomic E-state index is 0.0505. The van der Waals surface area contributed by atoms with Gasteiger partial charge in [-0.3, -0.25) is 9.36 Å². The molecule has 7 heteroatoms. The van der Waals surface area contributed by atoms with Crippen molar-refractivity contribution in [3.63, 3.8) is 0 Å². The van der Waals surface area contributed by atoms with E-state index in [9.17, 15) is 4.79 Å². The number of rotatable bonds is 7. The number of nitrogens with zero attached hydrogens (tertiary/aromatic N) is 4. The molecule has 0 bridgehead atoms. The summed E-state index contributed by atoms with van der Waals surface area (Å²) in [5.41, 5.74) is 1.69. The summed E-state index contributed by atoms with van der Waals surface area (Å²) in [6, 6.07) is 17.3. The predicted octanol–water partition coefficient (Wildman–Crippen LogP) is 4.88. The van der Waals surface area contributed by atoms with Gasteiger partial charge in [0.25, 0.3) is 5.56 Å². The Bertz CT molecular complexity index is 1200. The molecular weight excluding hydrogens is 396 g/mol. The number of aromatic nitrogens is 4. The average molecular weight is 421 g/mol. The molecule has 2 aromatic carbocycles. The van der Waals surface area contributed by atoms with Crippen LogP contribution in [0.15, 0.2) is 69.1 Å². The van der Waals surface area contributed by atoms with Crippen LogP contribution in [0.1, 0.15) is 44.1 Å². The summed E-state index contributed by atoms with van der Waals surface area (Å²) in [7, 11) is 0. The maximum atomic E-state index is 13.4. The highest BCUT2D eigenvalue weighted by molar-refractivity contribution is 7.98. The fraction of sp³-hybridized carbons (Fsp3) is 0.304. The predicted molar refractivity (Wildman–Crippen MR) is 119 cm³/mol. The number of hydrogen-bond donors (Lipinski definition) is 0. The molecule has 6 nitrogen and oxygen atoms in total. The number of hydrogen-bond acceptors (Lipinski definition) is 6. The first kappa shape index (κ1) is 20.3. The molecule has 1 unspecified atom stereocenters. The van der Waals surface area contributed by atoms with Gasteiger partial charge in [-0.05, 0) is 30.5 Å². The van der Waals surface area contributed by atoms with Crippen molar-refractivity contribution in [2.45, 2.75) is 44.1 Å². The Morgan fingerprint density at radius 2 is 1.73 bits per heavy atom. The van der Waals surface area contributed by atoms with Crippen molar-refractivity contribution < 1.29 is 4.52 Å². The normalized spacial score (nSPS) is 12.5. The summed E-state index contributed by atoms with van der Waals surface area (Å²) in [4.78, 5) is 22.6. The summed E-state index contributed by atoms with van der Waals surface area (Å²) in [5.74, 6) is 2.17. The van der Waals surface area contributed by atoms with Gasteiger partial charge in [-0.1, -0.05) is 73.2 Å². The van der Waals surface area contributed by atoms with Crippen molar-refractivity contribution in [2.24, 2.45) is 5.92 Å². The lowest BCUT2D eigenvalue weighted by molar-refractivity contribution is 0.382. The summed E-state index contributed by atoms with van der Waals surface area (Å²) in [6.07, 6.45) is 0.776. The van der Waals surface area contributed by atoms with Gasteiger partial charge in [0.15, 0.2) is 11.0 Å². The lowest BCUT2D eigenvalue weighted by atomic mass is 10.1. The van der Waals surface area contributed by atoms with Gasteiger partial charge in [-0.25, -0.2) is 4.98 Å². The Morgan fingerprint density at radius 3 is 2.50 bits per heavy atom. The van der Waals surface area contributed by atoms with Gasteiger partial charge in [0.2, 0.25) is 5.89 Å². The van der Waals surface area contributed by atoms with Crippen LogP contribution in [0.3, 0.4) is 0 Å². The summed E-state index contributed by atoms with van der Waals surface area (Å²) in [5, 5.41) is 5.30. The first-order valence-electron chi connectivity index (χ1n) is 10.0. The van der Waals surface area contributed by atoms with Crippen molar-refractivity contribution in [2.75, 3.05) is 0 Å². The molecule has 30 heavy (non-hydrogen) atoms. The van der Waals surface area contributed by atoms with Gasteiger partial charge < -0.3 is 4.52 Å². The van der Waals surface area contributed by atoms with Crippen LogP contribution in [0.25, 0.3) is 10.9 Å². The third-order valence-corrected chi connectivity index (χ3v) is 5.81. The third kappa shape index (κ3) is 4.31. The molecule has 4 rings (SSSR count). The average Bonchev–Trinajstić information content (AvgIpc) is 3.19. The van der Waals surface area contributed by atoms with E-state index < -0.39 is 0 Å². The van der Waals surface area contributed by atoms with Crippen molar-refractivity contribution in [3.8, 4) is 0 Å². The fourth-order valence-corrected chi connectivity index (χ4v) is 4.29. The highest BCUT2D eigenvalue weighted by atomic mass is 32.2. The van der Waals surface area contributed by atoms with Gasteiger partial charge in [-0.2, -0.15) is 4.98 Å². The van der Waals surface area contributed by atoms with Crippen molar-refractivity contribution in [3.05, 3.63) is 82.2 Å². The monoisotopic (exact) mass is 420 g/mol. The summed E-state index contributed by atoms with van der Waals surface area (Å²) < 4.78 is 7.15. The number of para-hydroxylation sites is 1. The molecule has 0 aliphatic carbocycles. The van der Waals surface area contributed by atoms with E-state index in [0.717, 1.165) is 12.0 Å². The first-order chi connectivity index (χ1) is 14.5. The number of fused-ring (bicyclic) bond motifs is 1. The van der Waals surface area contributed by atoms with Crippen molar-refractivity contribution >= 4 is 22.7 Å². The smallest absolute Gasteiger partial charge is 0.262 e. The van der Waals surface area contributed by atoms with E-state index in [1.165, 1.54) is 11.8 Å². The molecule has 2 aromatic heterocycles. The molecule has 0 radical (unpaired) electrons. The third-order valence-electron chi connectivity index (χ3n) is 4.87. The Hall–Kier alpha value is -2.93.